The van der Waals surface area contributed by atoms with Crippen molar-refractivity contribution < 1.29 is 8.42 Å². The summed E-state index contributed by atoms with van der Waals surface area (Å²) < 4.78 is 23.2. The molecule has 0 spiro atoms. The smallest absolute Gasteiger partial charge is 0.155 e. The van der Waals surface area contributed by atoms with Crippen LogP contribution in [0, 0.1) is 5.92 Å². The maximum absolute atomic E-state index is 11.9. The molecule has 1 N–H and O–H groups in total. The van der Waals surface area contributed by atoms with Crippen LogP contribution in [0.5, 0.6) is 0 Å². The van der Waals surface area contributed by atoms with Crippen molar-refractivity contribution in [1.82, 2.24) is 5.32 Å². The van der Waals surface area contributed by atoms with E-state index in [0.29, 0.717) is 11.8 Å². The predicted octanol–water partition coefficient (Wildman–Crippen LogP) is 1.98. The van der Waals surface area contributed by atoms with E-state index in [1.807, 2.05) is 7.05 Å². The highest BCUT2D eigenvalue weighted by atomic mass is 32.2. The normalized spacial score (nSPS) is 19.8. The van der Waals surface area contributed by atoms with Gasteiger partial charge in [0, 0.05) is 6.04 Å². The van der Waals surface area contributed by atoms with E-state index in [4.69, 9.17) is 0 Å². The van der Waals surface area contributed by atoms with E-state index in [1.165, 1.54) is 12.8 Å². The summed E-state index contributed by atoms with van der Waals surface area (Å²) in [4.78, 5) is 0. The number of hydrogen-bond donors (Lipinski definition) is 1. The third-order valence-electron chi connectivity index (χ3n) is 3.42. The molecule has 0 aliphatic heterocycles. The Bertz CT molecular complexity index is 312. The van der Waals surface area contributed by atoms with Gasteiger partial charge in [-0.15, -0.1) is 0 Å². The molecule has 0 amide bonds. The first kappa shape index (κ1) is 14.0. The number of sulfone groups is 1. The molecule has 3 nitrogen and oxygen atoms in total. The first-order chi connectivity index (χ1) is 7.28. The lowest BCUT2D eigenvalue weighted by Gasteiger charge is -2.20. The largest absolute Gasteiger partial charge is 0.317 e. The second kappa shape index (κ2) is 5.05. The van der Waals surface area contributed by atoms with Crippen LogP contribution >= 0.6 is 0 Å². The molecule has 0 aromatic carbocycles. The molecule has 0 saturated heterocycles. The van der Waals surface area contributed by atoms with Gasteiger partial charge in [-0.1, -0.05) is 0 Å². The Morgan fingerprint density at radius 3 is 2.25 bits per heavy atom. The molecule has 1 fully saturated rings. The number of hydrogen-bond acceptors (Lipinski definition) is 3. The third kappa shape index (κ3) is 3.74. The molecular weight excluding hydrogens is 222 g/mol. The number of rotatable bonds is 6. The quantitative estimate of drug-likeness (QED) is 0.780. The zero-order chi connectivity index (χ0) is 12.4. The average Bonchev–Trinajstić information content (AvgIpc) is 2.93. The molecule has 16 heavy (non-hydrogen) atoms. The zero-order valence-electron chi connectivity index (χ0n) is 10.9. The zero-order valence-corrected chi connectivity index (χ0v) is 11.7. The molecule has 0 bridgehead atoms. The van der Waals surface area contributed by atoms with Gasteiger partial charge < -0.3 is 5.32 Å². The lowest BCUT2D eigenvalue weighted by molar-refractivity contribution is 0.462. The molecule has 0 heterocycles. The fourth-order valence-electron chi connectivity index (χ4n) is 1.91. The van der Waals surface area contributed by atoms with Gasteiger partial charge >= 0.3 is 0 Å². The van der Waals surface area contributed by atoms with Crippen molar-refractivity contribution in [3.8, 4) is 0 Å². The Balaban J connectivity index is 2.34. The Hall–Kier alpha value is -0.0900. The van der Waals surface area contributed by atoms with Gasteiger partial charge in [0.2, 0.25) is 0 Å². The van der Waals surface area contributed by atoms with Crippen molar-refractivity contribution >= 4 is 9.84 Å². The lowest BCUT2D eigenvalue weighted by atomic mass is 10.1. The van der Waals surface area contributed by atoms with Crippen LogP contribution in [0.25, 0.3) is 0 Å². The standard InChI is InChI=1S/C12H25NO2S/c1-12(2,3)16(14,15)9-5-6-11(13-4)10-7-8-10/h10-11,13H,5-9H2,1-4H3. The van der Waals surface area contributed by atoms with Gasteiger partial charge in [0.15, 0.2) is 9.84 Å². The van der Waals surface area contributed by atoms with E-state index in [2.05, 4.69) is 5.32 Å². The predicted molar refractivity (Wildman–Crippen MR) is 68.3 cm³/mol. The highest BCUT2D eigenvalue weighted by molar-refractivity contribution is 7.92. The molecule has 1 aliphatic carbocycles. The van der Waals surface area contributed by atoms with Gasteiger partial charge in [-0.05, 0) is 59.4 Å². The Kier molecular flexibility index (Phi) is 4.41. The minimum absolute atomic E-state index is 0.321. The summed E-state index contributed by atoms with van der Waals surface area (Å²) in [7, 11) is -0.961. The molecule has 96 valence electrons. The van der Waals surface area contributed by atoms with E-state index in [0.717, 1.165) is 18.8 Å². The number of nitrogens with one attached hydrogen (secondary N) is 1. The van der Waals surface area contributed by atoms with Crippen LogP contribution in [0.15, 0.2) is 0 Å². The van der Waals surface area contributed by atoms with E-state index in [1.54, 1.807) is 20.8 Å². The van der Waals surface area contributed by atoms with Crippen LogP contribution in [-0.4, -0.2) is 32.0 Å². The molecule has 1 rings (SSSR count). The topological polar surface area (TPSA) is 46.2 Å². The second-order valence-corrected chi connectivity index (χ2v) is 8.67. The summed E-state index contributed by atoms with van der Waals surface area (Å²) in [6.45, 7) is 5.33. The minimum Gasteiger partial charge on any atom is -0.317 e. The van der Waals surface area contributed by atoms with E-state index < -0.39 is 14.6 Å². The molecule has 1 atom stereocenters. The van der Waals surface area contributed by atoms with Crippen LogP contribution in [0.2, 0.25) is 0 Å². The molecule has 1 unspecified atom stereocenters. The monoisotopic (exact) mass is 247 g/mol. The van der Waals surface area contributed by atoms with E-state index in [-0.39, 0.29) is 0 Å². The van der Waals surface area contributed by atoms with Crippen LogP contribution < -0.4 is 5.32 Å². The van der Waals surface area contributed by atoms with E-state index >= 15 is 0 Å². The summed E-state index contributed by atoms with van der Waals surface area (Å²) >= 11 is 0. The van der Waals surface area contributed by atoms with Crippen LogP contribution in [0.3, 0.4) is 0 Å². The highest BCUT2D eigenvalue weighted by Crippen LogP contribution is 2.34. The molecule has 0 aromatic rings. The van der Waals surface area contributed by atoms with Gasteiger partial charge in [0.1, 0.15) is 0 Å². The summed E-state index contributed by atoms with van der Waals surface area (Å²) in [6, 6.07) is 0.523. The van der Waals surface area contributed by atoms with Gasteiger partial charge in [0.05, 0.1) is 10.5 Å². The van der Waals surface area contributed by atoms with Crippen molar-refractivity contribution in [3.05, 3.63) is 0 Å². The van der Waals surface area contributed by atoms with Crippen molar-refractivity contribution in [2.45, 2.75) is 57.2 Å². The fraction of sp³-hybridized carbons (Fsp3) is 1.00. The Morgan fingerprint density at radius 2 is 1.88 bits per heavy atom. The van der Waals surface area contributed by atoms with E-state index in [9.17, 15) is 8.42 Å². The van der Waals surface area contributed by atoms with Crippen molar-refractivity contribution in [3.63, 3.8) is 0 Å². The Morgan fingerprint density at radius 1 is 1.31 bits per heavy atom. The molecule has 1 aliphatic rings. The summed E-state index contributed by atoms with van der Waals surface area (Å²) in [5.41, 5.74) is 0. The molecule has 0 aromatic heterocycles. The van der Waals surface area contributed by atoms with Crippen molar-refractivity contribution in [2.24, 2.45) is 5.92 Å². The van der Waals surface area contributed by atoms with Gasteiger partial charge in [-0.3, -0.25) is 0 Å². The third-order valence-corrected chi connectivity index (χ3v) is 6.12. The molecule has 0 radical (unpaired) electrons. The van der Waals surface area contributed by atoms with Gasteiger partial charge in [-0.25, -0.2) is 8.42 Å². The summed E-state index contributed by atoms with van der Waals surface area (Å²) in [6.07, 6.45) is 4.37. The van der Waals surface area contributed by atoms with Crippen molar-refractivity contribution in [1.29, 1.82) is 0 Å². The molecule has 4 heteroatoms. The highest BCUT2D eigenvalue weighted by Gasteiger charge is 2.31. The maximum Gasteiger partial charge on any atom is 0.155 e. The second-order valence-electron chi connectivity index (χ2n) is 5.81. The SMILES string of the molecule is CNC(CCCS(=O)(=O)C(C)(C)C)C1CC1. The molecule has 1 saturated carbocycles. The fourth-order valence-corrected chi connectivity index (χ4v) is 3.07. The minimum atomic E-state index is -2.93. The average molecular weight is 247 g/mol. The maximum atomic E-state index is 11.9. The summed E-state index contributed by atoms with van der Waals surface area (Å²) in [5, 5.41) is 3.29. The molecular formula is C12H25NO2S. The van der Waals surface area contributed by atoms with Crippen molar-refractivity contribution in [2.75, 3.05) is 12.8 Å². The van der Waals surface area contributed by atoms with Crippen LogP contribution in [0.4, 0.5) is 0 Å². The van der Waals surface area contributed by atoms with Gasteiger partial charge in [-0.2, -0.15) is 0 Å². The Labute approximate surface area is 99.9 Å². The first-order valence-electron chi connectivity index (χ1n) is 6.17. The van der Waals surface area contributed by atoms with Crippen LogP contribution in [0.1, 0.15) is 46.5 Å². The van der Waals surface area contributed by atoms with Crippen LogP contribution in [-0.2, 0) is 9.84 Å². The first-order valence-corrected chi connectivity index (χ1v) is 7.83. The summed E-state index contributed by atoms with van der Waals surface area (Å²) in [5.74, 6) is 1.11. The van der Waals surface area contributed by atoms with Gasteiger partial charge in [0.25, 0.3) is 0 Å². The lowest BCUT2D eigenvalue weighted by Crippen LogP contribution is -2.32.